The summed E-state index contributed by atoms with van der Waals surface area (Å²) in [7, 11) is 0. The molecule has 0 spiro atoms. The van der Waals surface area contributed by atoms with Crippen molar-refractivity contribution in [1.29, 1.82) is 0 Å². The van der Waals surface area contributed by atoms with E-state index in [9.17, 15) is 18.0 Å². The molecular formula is C23H26ClF3N6O2. The summed E-state index contributed by atoms with van der Waals surface area (Å²) >= 11 is 6.42. The first-order chi connectivity index (χ1) is 16.5. The van der Waals surface area contributed by atoms with Gasteiger partial charge in [-0.3, -0.25) is 5.32 Å². The van der Waals surface area contributed by atoms with E-state index in [1.807, 2.05) is 0 Å². The molecule has 0 radical (unpaired) electrons. The number of piperidine rings is 1. The van der Waals surface area contributed by atoms with Gasteiger partial charge in [0, 0.05) is 41.5 Å². The Morgan fingerprint density at radius 2 is 2.11 bits per heavy atom. The van der Waals surface area contributed by atoms with E-state index >= 15 is 0 Å². The van der Waals surface area contributed by atoms with Crippen LogP contribution in [-0.2, 0) is 10.9 Å². The lowest BCUT2D eigenvalue weighted by molar-refractivity contribution is -0.137. The second-order valence-corrected chi connectivity index (χ2v) is 9.37. The fraction of sp³-hybridized carbons (Fsp3) is 0.435. The standard InChI is InChI=1S/C23H26ClF3N6O2/c1-4-35-21(34)32-16-6-5-13-14(10-28-19(13)17(16)24)18-15(23(25,26)27)11-29-20(33-18)31-12-7-8-22(2,3)30-9-12/h5-6,10-12,28,30H,4,7-9H2,1-3H3,(H,32,34)(H,29,31,33)/t12-/m0/s1. The minimum atomic E-state index is -4.66. The molecule has 3 heterocycles. The molecule has 12 heteroatoms. The molecule has 4 rings (SSSR count). The summed E-state index contributed by atoms with van der Waals surface area (Å²) in [4.78, 5) is 22.9. The number of alkyl halides is 3. The Labute approximate surface area is 205 Å². The van der Waals surface area contributed by atoms with Gasteiger partial charge in [0.15, 0.2) is 0 Å². The monoisotopic (exact) mass is 510 g/mol. The number of hydrogen-bond donors (Lipinski definition) is 4. The lowest BCUT2D eigenvalue weighted by Gasteiger charge is -2.36. The Kier molecular flexibility index (Phi) is 6.83. The van der Waals surface area contributed by atoms with E-state index in [-0.39, 0.29) is 46.1 Å². The molecule has 0 bridgehead atoms. The lowest BCUT2D eigenvalue weighted by Crippen LogP contribution is -2.50. The lowest BCUT2D eigenvalue weighted by atomic mass is 9.91. The number of nitrogens with zero attached hydrogens (tertiary/aromatic N) is 2. The van der Waals surface area contributed by atoms with Gasteiger partial charge in [-0.25, -0.2) is 14.8 Å². The predicted octanol–water partition coefficient (Wildman–Crippen LogP) is 5.81. The molecule has 188 valence electrons. The summed E-state index contributed by atoms with van der Waals surface area (Å²) in [5.41, 5.74) is -0.389. The van der Waals surface area contributed by atoms with Crippen molar-refractivity contribution >= 4 is 40.2 Å². The van der Waals surface area contributed by atoms with E-state index in [2.05, 4.69) is 44.7 Å². The number of nitrogens with one attached hydrogen (secondary N) is 4. The summed E-state index contributed by atoms with van der Waals surface area (Å²) in [5.74, 6) is 0.112. The number of anilines is 2. The Bertz CT molecular complexity index is 1230. The topological polar surface area (TPSA) is 104 Å². The van der Waals surface area contributed by atoms with Gasteiger partial charge < -0.3 is 20.4 Å². The van der Waals surface area contributed by atoms with Crippen LogP contribution in [0.3, 0.4) is 0 Å². The van der Waals surface area contributed by atoms with Crippen LogP contribution in [0.2, 0.25) is 5.02 Å². The van der Waals surface area contributed by atoms with Crippen molar-refractivity contribution in [1.82, 2.24) is 20.3 Å². The van der Waals surface area contributed by atoms with E-state index in [0.29, 0.717) is 17.4 Å². The molecule has 1 aliphatic heterocycles. The average molecular weight is 511 g/mol. The maximum absolute atomic E-state index is 13.9. The molecule has 1 amide bonds. The van der Waals surface area contributed by atoms with E-state index in [4.69, 9.17) is 16.3 Å². The van der Waals surface area contributed by atoms with Crippen molar-refractivity contribution < 1.29 is 22.7 Å². The first-order valence-corrected chi connectivity index (χ1v) is 11.6. The fourth-order valence-electron chi connectivity index (χ4n) is 4.03. The van der Waals surface area contributed by atoms with Gasteiger partial charge in [-0.15, -0.1) is 0 Å². The molecule has 3 aromatic rings. The molecule has 4 N–H and O–H groups in total. The van der Waals surface area contributed by atoms with Crippen LogP contribution in [0.25, 0.3) is 22.2 Å². The van der Waals surface area contributed by atoms with E-state index in [0.717, 1.165) is 19.0 Å². The van der Waals surface area contributed by atoms with Crippen molar-refractivity contribution in [3.05, 3.63) is 35.1 Å². The predicted molar refractivity (Wildman–Crippen MR) is 129 cm³/mol. The van der Waals surface area contributed by atoms with E-state index in [1.54, 1.807) is 13.0 Å². The highest BCUT2D eigenvalue weighted by Gasteiger charge is 2.36. The molecule has 0 saturated carbocycles. The average Bonchev–Trinajstić information content (AvgIpc) is 3.21. The van der Waals surface area contributed by atoms with Crippen LogP contribution in [0, 0.1) is 0 Å². The number of ether oxygens (including phenoxy) is 1. The van der Waals surface area contributed by atoms with Crippen molar-refractivity contribution in [2.24, 2.45) is 0 Å². The normalized spacial score (nSPS) is 17.9. The van der Waals surface area contributed by atoms with Gasteiger partial charge in [0.05, 0.1) is 28.5 Å². The highest BCUT2D eigenvalue weighted by molar-refractivity contribution is 6.38. The second kappa shape index (κ2) is 9.54. The maximum atomic E-state index is 13.9. The van der Waals surface area contributed by atoms with Crippen molar-refractivity contribution in [3.8, 4) is 11.3 Å². The number of fused-ring (bicyclic) bond motifs is 1. The van der Waals surface area contributed by atoms with E-state index < -0.39 is 17.8 Å². The summed E-state index contributed by atoms with van der Waals surface area (Å²) in [6.45, 7) is 6.69. The van der Waals surface area contributed by atoms with Gasteiger partial charge in [-0.05, 0) is 45.7 Å². The Morgan fingerprint density at radius 3 is 2.77 bits per heavy atom. The first-order valence-electron chi connectivity index (χ1n) is 11.2. The molecule has 2 aromatic heterocycles. The van der Waals surface area contributed by atoms with Gasteiger partial charge in [-0.2, -0.15) is 13.2 Å². The number of carbonyl (C=O) groups excluding carboxylic acids is 1. The molecule has 1 saturated heterocycles. The number of aromatic nitrogens is 3. The largest absolute Gasteiger partial charge is 0.450 e. The number of carbonyl (C=O) groups is 1. The van der Waals surface area contributed by atoms with Gasteiger partial charge in [0.2, 0.25) is 5.95 Å². The molecule has 0 aliphatic carbocycles. The Morgan fingerprint density at radius 1 is 1.34 bits per heavy atom. The highest BCUT2D eigenvalue weighted by Crippen LogP contribution is 2.41. The van der Waals surface area contributed by atoms with Crippen molar-refractivity contribution in [3.63, 3.8) is 0 Å². The number of hydrogen-bond acceptors (Lipinski definition) is 6. The SMILES string of the molecule is CCOC(=O)Nc1ccc2c(-c3nc(N[C@H]4CCC(C)(C)NC4)ncc3C(F)(F)F)c[nH]c2c1Cl. The zero-order chi connectivity index (χ0) is 25.4. The zero-order valence-electron chi connectivity index (χ0n) is 19.4. The van der Waals surface area contributed by atoms with Crippen LogP contribution >= 0.6 is 11.6 Å². The Balaban J connectivity index is 1.70. The molecular weight excluding hydrogens is 485 g/mol. The molecule has 1 aromatic carbocycles. The minimum absolute atomic E-state index is 0.00857. The quantitative estimate of drug-likeness (QED) is 0.345. The number of halogens is 4. The van der Waals surface area contributed by atoms with Crippen LogP contribution in [0.5, 0.6) is 0 Å². The molecule has 1 atom stereocenters. The van der Waals surface area contributed by atoms with Gasteiger partial charge in [0.25, 0.3) is 0 Å². The molecule has 0 unspecified atom stereocenters. The highest BCUT2D eigenvalue weighted by atomic mass is 35.5. The van der Waals surface area contributed by atoms with Crippen LogP contribution in [0.1, 0.15) is 39.2 Å². The first kappa shape index (κ1) is 25.1. The molecule has 1 fully saturated rings. The van der Waals surface area contributed by atoms with Crippen LogP contribution in [0.4, 0.5) is 29.6 Å². The maximum Gasteiger partial charge on any atom is 0.419 e. The second-order valence-electron chi connectivity index (χ2n) is 9.00. The van der Waals surface area contributed by atoms with Crippen LogP contribution in [0.15, 0.2) is 24.5 Å². The van der Waals surface area contributed by atoms with E-state index in [1.165, 1.54) is 12.3 Å². The number of rotatable bonds is 5. The third-order valence-electron chi connectivity index (χ3n) is 5.93. The fourth-order valence-corrected chi connectivity index (χ4v) is 4.29. The van der Waals surface area contributed by atoms with Crippen molar-refractivity contribution in [2.75, 3.05) is 23.8 Å². The summed E-state index contributed by atoms with van der Waals surface area (Å²) < 4.78 is 46.5. The third kappa shape index (κ3) is 5.46. The Hall–Kier alpha value is -3.05. The summed E-state index contributed by atoms with van der Waals surface area (Å²) in [6.07, 6.45) is -1.41. The van der Waals surface area contributed by atoms with Crippen LogP contribution in [-0.4, -0.2) is 45.8 Å². The number of H-pyrrole nitrogens is 1. The number of benzene rings is 1. The molecule has 35 heavy (non-hydrogen) atoms. The summed E-state index contributed by atoms with van der Waals surface area (Å²) in [6, 6.07) is 3.06. The van der Waals surface area contributed by atoms with Gasteiger partial charge in [-0.1, -0.05) is 11.6 Å². The zero-order valence-corrected chi connectivity index (χ0v) is 20.2. The van der Waals surface area contributed by atoms with Crippen LogP contribution < -0.4 is 16.0 Å². The molecule has 8 nitrogen and oxygen atoms in total. The minimum Gasteiger partial charge on any atom is -0.450 e. The van der Waals surface area contributed by atoms with Gasteiger partial charge in [0.1, 0.15) is 5.56 Å². The molecule has 1 aliphatic rings. The number of aromatic amines is 1. The third-order valence-corrected chi connectivity index (χ3v) is 6.33. The van der Waals surface area contributed by atoms with Crippen molar-refractivity contribution in [2.45, 2.75) is 51.4 Å². The van der Waals surface area contributed by atoms with Gasteiger partial charge >= 0.3 is 12.3 Å². The summed E-state index contributed by atoms with van der Waals surface area (Å²) in [5, 5.41) is 9.63. The smallest absolute Gasteiger partial charge is 0.419 e. The number of amides is 1.